The molecule has 1 aromatic carbocycles. The minimum atomic E-state index is -0.272. The van der Waals surface area contributed by atoms with E-state index >= 15 is 0 Å². The number of carbonyl (C=O) groups excluding carboxylic acids is 2. The van der Waals surface area contributed by atoms with E-state index < -0.39 is 0 Å². The minimum Gasteiger partial charge on any atom is -0.456 e. The summed E-state index contributed by atoms with van der Waals surface area (Å²) in [5, 5.41) is 3.56. The Bertz CT molecular complexity index is 1500. The van der Waals surface area contributed by atoms with E-state index in [9.17, 15) is 9.59 Å². The predicted octanol–water partition coefficient (Wildman–Crippen LogP) is 4.79. The smallest absolute Gasteiger partial charge is 0.327 e. The Balaban J connectivity index is 1.42. The molecular formula is C27H26N4O4S. The van der Waals surface area contributed by atoms with Crippen LogP contribution in [0.1, 0.15) is 28.2 Å². The Hall–Kier alpha value is -3.87. The third-order valence-corrected chi connectivity index (χ3v) is 7.44. The Morgan fingerprint density at radius 1 is 1.28 bits per heavy atom. The van der Waals surface area contributed by atoms with E-state index in [1.54, 1.807) is 23.9 Å². The van der Waals surface area contributed by atoms with Crippen LogP contribution in [0.2, 0.25) is 0 Å². The van der Waals surface area contributed by atoms with Gasteiger partial charge in [-0.25, -0.2) is 4.79 Å². The number of rotatable bonds is 6. The fourth-order valence-corrected chi connectivity index (χ4v) is 5.73. The Morgan fingerprint density at radius 3 is 2.94 bits per heavy atom. The van der Waals surface area contributed by atoms with Crippen LogP contribution in [0, 0.1) is 19.3 Å². The number of likely N-dealkylation sites (tertiary alicyclic amines) is 1. The van der Waals surface area contributed by atoms with Gasteiger partial charge in [-0.05, 0) is 50.1 Å². The zero-order valence-corrected chi connectivity index (χ0v) is 20.9. The van der Waals surface area contributed by atoms with Crippen molar-refractivity contribution in [1.29, 1.82) is 0 Å². The highest BCUT2D eigenvalue weighted by molar-refractivity contribution is 7.21. The third kappa shape index (κ3) is 4.41. The molecular weight excluding hydrogens is 476 g/mol. The lowest BCUT2D eigenvalue weighted by Gasteiger charge is -2.23. The van der Waals surface area contributed by atoms with Crippen molar-refractivity contribution >= 4 is 44.4 Å². The van der Waals surface area contributed by atoms with Gasteiger partial charge in [0.15, 0.2) is 0 Å². The summed E-state index contributed by atoms with van der Waals surface area (Å²) in [4.78, 5) is 32.7. The number of aryl methyl sites for hydroxylation is 1. The molecule has 0 spiro atoms. The van der Waals surface area contributed by atoms with Crippen LogP contribution in [0.25, 0.3) is 21.1 Å². The van der Waals surface area contributed by atoms with E-state index in [0.717, 1.165) is 46.2 Å². The molecule has 1 N–H and O–H groups in total. The standard InChI is InChI=1S/C27H26N4O4S/c1-4-10-29-27(33)31-17(2)13-18-14-20(7-8-22(18)31)35-23-9-11-28-21-15-24(36-25(21)23)26(32)30-12-5-6-19(30)16-34-3/h1,7-9,11,13-15,19H,5-6,10,12,16H2,2-3H3,(H,29,33). The van der Waals surface area contributed by atoms with Crippen LogP contribution in [-0.4, -0.2) is 59.2 Å². The van der Waals surface area contributed by atoms with Gasteiger partial charge in [0.05, 0.1) is 39.8 Å². The molecule has 2 amide bonds. The number of benzene rings is 1. The molecule has 5 rings (SSSR count). The molecule has 3 aromatic heterocycles. The topological polar surface area (TPSA) is 85.7 Å². The van der Waals surface area contributed by atoms with Gasteiger partial charge in [-0.1, -0.05) is 5.92 Å². The first kappa shape index (κ1) is 23.9. The number of carbonyl (C=O) groups is 2. The maximum absolute atomic E-state index is 13.2. The zero-order valence-electron chi connectivity index (χ0n) is 20.1. The summed E-state index contributed by atoms with van der Waals surface area (Å²) in [7, 11) is 1.66. The fourth-order valence-electron chi connectivity index (χ4n) is 4.71. The third-order valence-electron chi connectivity index (χ3n) is 6.31. The normalized spacial score (nSPS) is 15.4. The van der Waals surface area contributed by atoms with Crippen LogP contribution in [0.3, 0.4) is 0 Å². The summed E-state index contributed by atoms with van der Waals surface area (Å²) >= 11 is 1.39. The number of methoxy groups -OCH3 is 1. The number of fused-ring (bicyclic) bond motifs is 2. The second kappa shape index (κ2) is 10.0. The van der Waals surface area contributed by atoms with Gasteiger partial charge in [0.2, 0.25) is 0 Å². The summed E-state index contributed by atoms with van der Waals surface area (Å²) in [5.41, 5.74) is 2.27. The van der Waals surface area contributed by atoms with Crippen LogP contribution in [0.5, 0.6) is 11.5 Å². The van der Waals surface area contributed by atoms with Gasteiger partial charge in [-0.15, -0.1) is 17.8 Å². The summed E-state index contributed by atoms with van der Waals surface area (Å²) in [5.74, 6) is 3.67. The number of amides is 2. The summed E-state index contributed by atoms with van der Waals surface area (Å²) in [6, 6.07) is 10.9. The second-order valence-corrected chi connectivity index (χ2v) is 9.74. The summed E-state index contributed by atoms with van der Waals surface area (Å²) in [6.45, 7) is 3.30. The van der Waals surface area contributed by atoms with Crippen molar-refractivity contribution in [1.82, 2.24) is 19.8 Å². The fraction of sp³-hybridized carbons (Fsp3) is 0.296. The summed E-state index contributed by atoms with van der Waals surface area (Å²) in [6.07, 6.45) is 8.87. The van der Waals surface area contributed by atoms with Crippen molar-refractivity contribution < 1.29 is 19.1 Å². The first-order chi connectivity index (χ1) is 17.5. The van der Waals surface area contributed by atoms with Crippen molar-refractivity contribution in [2.75, 3.05) is 26.8 Å². The van der Waals surface area contributed by atoms with Crippen molar-refractivity contribution in [3.8, 4) is 23.8 Å². The lowest BCUT2D eigenvalue weighted by molar-refractivity contribution is 0.0635. The van der Waals surface area contributed by atoms with Crippen LogP contribution in [-0.2, 0) is 4.74 Å². The van der Waals surface area contributed by atoms with E-state index in [4.69, 9.17) is 15.9 Å². The Labute approximate surface area is 212 Å². The van der Waals surface area contributed by atoms with Crippen LogP contribution in [0.4, 0.5) is 4.79 Å². The molecule has 0 bridgehead atoms. The molecule has 4 aromatic rings. The maximum Gasteiger partial charge on any atom is 0.327 e. The summed E-state index contributed by atoms with van der Waals surface area (Å²) < 4.78 is 13.9. The molecule has 36 heavy (non-hydrogen) atoms. The number of ether oxygens (including phenoxy) is 2. The minimum absolute atomic E-state index is 0.00449. The van der Waals surface area contributed by atoms with Crippen molar-refractivity contribution in [2.24, 2.45) is 0 Å². The van der Waals surface area contributed by atoms with Crippen molar-refractivity contribution in [3.05, 3.63) is 53.2 Å². The quantitative estimate of drug-likeness (QED) is 0.383. The molecule has 1 fully saturated rings. The Morgan fingerprint density at radius 2 is 2.14 bits per heavy atom. The van der Waals surface area contributed by atoms with Crippen LogP contribution >= 0.6 is 11.3 Å². The second-order valence-electron chi connectivity index (χ2n) is 8.69. The van der Waals surface area contributed by atoms with Gasteiger partial charge in [0, 0.05) is 37.0 Å². The molecule has 1 aliphatic heterocycles. The molecule has 1 unspecified atom stereocenters. The molecule has 184 valence electrons. The van der Waals surface area contributed by atoms with Crippen molar-refractivity contribution in [3.63, 3.8) is 0 Å². The Kier molecular flexibility index (Phi) is 6.63. The highest BCUT2D eigenvalue weighted by Gasteiger charge is 2.30. The zero-order chi connectivity index (χ0) is 25.2. The molecule has 0 saturated carbocycles. The largest absolute Gasteiger partial charge is 0.456 e. The average Bonchev–Trinajstić information content (AvgIpc) is 3.59. The van der Waals surface area contributed by atoms with Crippen LogP contribution < -0.4 is 10.1 Å². The molecule has 1 aliphatic rings. The number of nitrogens with one attached hydrogen (secondary N) is 1. The number of nitrogens with zero attached hydrogens (tertiary/aromatic N) is 3. The highest BCUT2D eigenvalue weighted by atomic mass is 32.1. The lowest BCUT2D eigenvalue weighted by atomic mass is 10.2. The first-order valence-electron chi connectivity index (χ1n) is 11.7. The van der Waals surface area contributed by atoms with Gasteiger partial charge in [-0.2, -0.15) is 0 Å². The van der Waals surface area contributed by atoms with Gasteiger partial charge in [0.25, 0.3) is 5.91 Å². The molecule has 9 heteroatoms. The van der Waals surface area contributed by atoms with E-state index in [-0.39, 0.29) is 24.5 Å². The lowest BCUT2D eigenvalue weighted by Crippen LogP contribution is -2.37. The van der Waals surface area contributed by atoms with Gasteiger partial charge in [-0.3, -0.25) is 14.3 Å². The molecule has 4 heterocycles. The van der Waals surface area contributed by atoms with E-state index in [1.807, 2.05) is 42.2 Å². The van der Waals surface area contributed by atoms with Gasteiger partial charge in [0.1, 0.15) is 11.5 Å². The van der Waals surface area contributed by atoms with E-state index in [1.165, 1.54) is 11.3 Å². The highest BCUT2D eigenvalue weighted by Crippen LogP contribution is 2.37. The van der Waals surface area contributed by atoms with Crippen LogP contribution in [0.15, 0.2) is 42.6 Å². The van der Waals surface area contributed by atoms with Crippen molar-refractivity contribution in [2.45, 2.75) is 25.8 Å². The number of thiophene rings is 1. The van der Waals surface area contributed by atoms with E-state index in [2.05, 4.69) is 16.2 Å². The molecule has 8 nitrogen and oxygen atoms in total. The van der Waals surface area contributed by atoms with Gasteiger partial charge >= 0.3 is 6.03 Å². The number of aromatic nitrogens is 2. The molecule has 1 atom stereocenters. The molecule has 0 aliphatic carbocycles. The SMILES string of the molecule is C#CCNC(=O)n1c(C)cc2cc(Oc3ccnc4cc(C(=O)N5CCCC5COC)sc34)ccc21. The predicted molar refractivity (Wildman–Crippen MR) is 140 cm³/mol. The monoisotopic (exact) mass is 502 g/mol. The van der Waals surface area contributed by atoms with Gasteiger partial charge < -0.3 is 19.7 Å². The van der Waals surface area contributed by atoms with E-state index in [0.29, 0.717) is 23.0 Å². The maximum atomic E-state index is 13.2. The molecule has 1 saturated heterocycles. The molecule has 0 radical (unpaired) electrons. The number of pyridine rings is 1. The number of hydrogen-bond acceptors (Lipinski definition) is 6. The number of terminal acetylenes is 1. The number of hydrogen-bond donors (Lipinski definition) is 1. The first-order valence-corrected chi connectivity index (χ1v) is 12.5. The average molecular weight is 503 g/mol.